The Morgan fingerprint density at radius 2 is 2.00 bits per heavy atom. The number of benzene rings is 1. The molecule has 10 heteroatoms. The Balaban J connectivity index is 1.45. The summed E-state index contributed by atoms with van der Waals surface area (Å²) in [4.78, 5) is 4.39. The third-order valence-corrected chi connectivity index (χ3v) is 7.85. The van der Waals surface area contributed by atoms with Crippen LogP contribution in [-0.2, 0) is 20.8 Å². The van der Waals surface area contributed by atoms with Crippen LogP contribution in [0, 0.1) is 6.92 Å². The first-order chi connectivity index (χ1) is 13.8. The van der Waals surface area contributed by atoms with Crippen LogP contribution in [0.2, 0.25) is 0 Å². The predicted octanol–water partition coefficient (Wildman–Crippen LogP) is 2.05. The van der Waals surface area contributed by atoms with E-state index in [-0.39, 0.29) is 23.4 Å². The minimum absolute atomic E-state index is 0.0743. The molecule has 2 fully saturated rings. The number of hydrogen-bond donors (Lipinski definition) is 1. The van der Waals surface area contributed by atoms with Gasteiger partial charge in [-0.3, -0.25) is 0 Å². The number of nitrogens with zero attached hydrogens (tertiary/aromatic N) is 3. The van der Waals surface area contributed by atoms with Crippen LogP contribution >= 0.6 is 0 Å². The van der Waals surface area contributed by atoms with Crippen LogP contribution < -0.4 is 5.43 Å². The van der Waals surface area contributed by atoms with Crippen molar-refractivity contribution in [2.45, 2.75) is 43.2 Å². The molecule has 1 saturated carbocycles. The van der Waals surface area contributed by atoms with Gasteiger partial charge in [0.05, 0.1) is 23.0 Å². The zero-order chi connectivity index (χ0) is 20.4. The van der Waals surface area contributed by atoms with Crippen LogP contribution in [0.1, 0.15) is 35.7 Å². The van der Waals surface area contributed by atoms with Gasteiger partial charge in [-0.1, -0.05) is 29.4 Å². The highest BCUT2D eigenvalue weighted by Crippen LogP contribution is 2.53. The normalized spacial score (nSPS) is 27.4. The molecule has 1 aromatic heterocycles. The van der Waals surface area contributed by atoms with Gasteiger partial charge in [0.15, 0.2) is 21.2 Å². The average molecular weight is 422 g/mol. The maximum atomic E-state index is 14.1. The van der Waals surface area contributed by atoms with Gasteiger partial charge in [-0.2, -0.15) is 4.98 Å². The molecule has 0 bridgehead atoms. The van der Waals surface area contributed by atoms with Gasteiger partial charge in [-0.05, 0) is 37.0 Å². The van der Waals surface area contributed by atoms with Crippen molar-refractivity contribution in [2.24, 2.45) is 0 Å². The second-order valence-electron chi connectivity index (χ2n) is 8.06. The molecule has 0 spiro atoms. The molecule has 7 nitrogen and oxygen atoms in total. The maximum Gasteiger partial charge on any atom is 0.270 e. The van der Waals surface area contributed by atoms with Crippen molar-refractivity contribution in [3.63, 3.8) is 0 Å². The highest BCUT2D eigenvalue weighted by atomic mass is 32.2. The Kier molecular flexibility index (Phi) is 3.92. The van der Waals surface area contributed by atoms with Crippen LogP contribution in [0.15, 0.2) is 41.1 Å². The number of nitrogens with one attached hydrogen (secondary N) is 1. The molecular formula is C19H20F2N4O3S. The standard InChI is InChI=1S/C19H20F2N4O3S/c1-12-4-2-3-5-14(12)18(6-7-18)16-22-17(28-23-16)19(15(20)21)8-9-25(24-19)13-10-29(26,27)11-13/h2-5,8-9,13,15,24H,6-7,10-11H2,1H3. The minimum Gasteiger partial charge on any atom is -0.337 e. The van der Waals surface area contributed by atoms with Crippen molar-refractivity contribution in [2.75, 3.05) is 11.5 Å². The lowest BCUT2D eigenvalue weighted by Gasteiger charge is -2.37. The van der Waals surface area contributed by atoms with Gasteiger partial charge in [0, 0.05) is 6.20 Å². The molecule has 1 N–H and O–H groups in total. The fourth-order valence-corrected chi connectivity index (χ4v) is 5.56. The van der Waals surface area contributed by atoms with E-state index in [1.165, 1.54) is 17.3 Å². The van der Waals surface area contributed by atoms with Crippen LogP contribution in [0.4, 0.5) is 8.78 Å². The van der Waals surface area contributed by atoms with E-state index in [0.29, 0.717) is 5.82 Å². The molecule has 0 radical (unpaired) electrons. The molecule has 5 rings (SSSR count). The number of aryl methyl sites for hydroxylation is 1. The van der Waals surface area contributed by atoms with E-state index >= 15 is 0 Å². The third-order valence-electron chi connectivity index (χ3n) is 6.06. The van der Waals surface area contributed by atoms with Gasteiger partial charge in [-0.25, -0.2) is 22.6 Å². The molecule has 29 heavy (non-hydrogen) atoms. The SMILES string of the molecule is Cc1ccccc1C1(c2noc(C3(C(F)F)C=CN(C4CS(=O)(=O)C4)N3)n2)CC1. The molecular weight excluding hydrogens is 402 g/mol. The molecule has 2 aromatic rings. The molecule has 0 amide bonds. The lowest BCUT2D eigenvalue weighted by atomic mass is 9.91. The number of alkyl halides is 2. The molecule has 3 heterocycles. The Hall–Kier alpha value is -2.33. The first kappa shape index (κ1) is 18.7. The van der Waals surface area contributed by atoms with Crippen LogP contribution in [0.25, 0.3) is 0 Å². The van der Waals surface area contributed by atoms with E-state index in [2.05, 4.69) is 15.6 Å². The van der Waals surface area contributed by atoms with E-state index in [4.69, 9.17) is 4.52 Å². The van der Waals surface area contributed by atoms with Crippen molar-refractivity contribution in [1.29, 1.82) is 0 Å². The topological polar surface area (TPSA) is 88.3 Å². The van der Waals surface area contributed by atoms with Crippen molar-refractivity contribution in [3.8, 4) is 0 Å². The predicted molar refractivity (Wildman–Crippen MR) is 99.7 cm³/mol. The Morgan fingerprint density at radius 3 is 2.62 bits per heavy atom. The van der Waals surface area contributed by atoms with Gasteiger partial charge in [-0.15, -0.1) is 0 Å². The summed E-state index contributed by atoms with van der Waals surface area (Å²) < 4.78 is 56.4. The first-order valence-electron chi connectivity index (χ1n) is 9.41. The fourth-order valence-electron chi connectivity index (χ4n) is 4.17. The number of aromatic nitrogens is 2. The van der Waals surface area contributed by atoms with Crippen molar-refractivity contribution in [3.05, 3.63) is 59.4 Å². The Bertz CT molecular complexity index is 1080. The summed E-state index contributed by atoms with van der Waals surface area (Å²) in [6.45, 7) is 2.00. The largest absolute Gasteiger partial charge is 0.337 e. The summed E-state index contributed by atoms with van der Waals surface area (Å²) in [6, 6.07) is 7.51. The molecule has 154 valence electrons. The fraction of sp³-hybridized carbons (Fsp3) is 0.474. The molecule has 1 unspecified atom stereocenters. The Morgan fingerprint density at radius 1 is 1.28 bits per heavy atom. The Labute approximate surface area is 166 Å². The first-order valence-corrected chi connectivity index (χ1v) is 11.2. The molecule has 1 aromatic carbocycles. The van der Waals surface area contributed by atoms with Crippen LogP contribution in [-0.4, -0.2) is 47.5 Å². The summed E-state index contributed by atoms with van der Waals surface area (Å²) in [6.07, 6.45) is 1.50. The van der Waals surface area contributed by atoms with Gasteiger partial charge < -0.3 is 9.53 Å². The van der Waals surface area contributed by atoms with Gasteiger partial charge in [0.25, 0.3) is 12.3 Å². The maximum absolute atomic E-state index is 14.1. The van der Waals surface area contributed by atoms with E-state index < -0.39 is 27.2 Å². The summed E-state index contributed by atoms with van der Waals surface area (Å²) in [5.74, 6) is 0.0366. The summed E-state index contributed by atoms with van der Waals surface area (Å²) >= 11 is 0. The second-order valence-corrected chi connectivity index (χ2v) is 10.2. The average Bonchev–Trinajstić information content (AvgIpc) is 3.10. The zero-order valence-corrected chi connectivity index (χ0v) is 16.5. The number of rotatable bonds is 5. The van der Waals surface area contributed by atoms with E-state index in [9.17, 15) is 17.2 Å². The summed E-state index contributed by atoms with van der Waals surface area (Å²) in [5.41, 5.74) is 2.51. The lowest BCUT2D eigenvalue weighted by Crippen LogP contribution is -2.59. The third kappa shape index (κ3) is 2.80. The quantitative estimate of drug-likeness (QED) is 0.789. The zero-order valence-electron chi connectivity index (χ0n) is 15.7. The summed E-state index contributed by atoms with van der Waals surface area (Å²) in [5, 5.41) is 5.47. The molecule has 1 saturated heterocycles. The van der Waals surface area contributed by atoms with E-state index in [0.717, 1.165) is 24.0 Å². The molecule has 3 aliphatic rings. The molecule has 1 aliphatic carbocycles. The molecule has 1 atom stereocenters. The van der Waals surface area contributed by atoms with Gasteiger partial charge in [0.1, 0.15) is 0 Å². The van der Waals surface area contributed by atoms with E-state index in [1.807, 2.05) is 31.2 Å². The highest BCUT2D eigenvalue weighted by molar-refractivity contribution is 7.92. The van der Waals surface area contributed by atoms with Crippen molar-refractivity contribution >= 4 is 9.84 Å². The lowest BCUT2D eigenvalue weighted by molar-refractivity contribution is 0.00563. The highest BCUT2D eigenvalue weighted by Gasteiger charge is 2.55. The van der Waals surface area contributed by atoms with Gasteiger partial charge >= 0.3 is 0 Å². The van der Waals surface area contributed by atoms with E-state index in [1.54, 1.807) is 0 Å². The second kappa shape index (κ2) is 6.09. The number of hydrazine groups is 1. The number of halogens is 2. The molecule has 2 aliphatic heterocycles. The van der Waals surface area contributed by atoms with Crippen molar-refractivity contribution < 1.29 is 21.7 Å². The number of sulfone groups is 1. The van der Waals surface area contributed by atoms with Gasteiger partial charge in [0.2, 0.25) is 0 Å². The van der Waals surface area contributed by atoms with Crippen LogP contribution in [0.3, 0.4) is 0 Å². The van der Waals surface area contributed by atoms with Crippen molar-refractivity contribution in [1.82, 2.24) is 20.6 Å². The smallest absolute Gasteiger partial charge is 0.270 e. The summed E-state index contributed by atoms with van der Waals surface area (Å²) in [7, 11) is -3.09. The van der Waals surface area contributed by atoms with Crippen LogP contribution in [0.5, 0.6) is 0 Å². The minimum atomic E-state index is -3.09. The number of hydrogen-bond acceptors (Lipinski definition) is 7. The monoisotopic (exact) mass is 422 g/mol.